The lowest BCUT2D eigenvalue weighted by Gasteiger charge is -2.38. The zero-order chi connectivity index (χ0) is 14.3. The van der Waals surface area contributed by atoms with Crippen LogP contribution in [0.2, 0.25) is 0 Å². The summed E-state index contributed by atoms with van der Waals surface area (Å²) in [6, 6.07) is 3.86. The van der Waals surface area contributed by atoms with Gasteiger partial charge < -0.3 is 11.5 Å². The number of hydrogen-bond donors (Lipinski definition) is 2. The van der Waals surface area contributed by atoms with Crippen LogP contribution in [0.15, 0.2) is 18.3 Å². The number of carbonyl (C=O) groups excluding carboxylic acids is 1. The maximum Gasteiger partial charge on any atom is 0.229 e. The summed E-state index contributed by atoms with van der Waals surface area (Å²) in [6.07, 6.45) is 4.30. The first-order valence-electron chi connectivity index (χ1n) is 6.53. The fourth-order valence-electron chi connectivity index (χ4n) is 2.68. The molecular weight excluding hydrogens is 272 g/mol. The molecule has 20 heavy (non-hydrogen) atoms. The average Bonchev–Trinajstić information content (AvgIpc) is 2.67. The molecule has 1 fully saturated rings. The number of aryl methyl sites for hydroxylation is 1. The molecule has 0 aliphatic heterocycles. The third-order valence-corrected chi connectivity index (χ3v) is 5.04. The first kappa shape index (κ1) is 13.1. The molecule has 0 unspecified atom stereocenters. The Kier molecular flexibility index (Phi) is 2.97. The van der Waals surface area contributed by atoms with Gasteiger partial charge in [0.1, 0.15) is 0 Å². The maximum atomic E-state index is 11.8. The Morgan fingerprint density at radius 2 is 2.20 bits per heavy atom. The molecule has 0 spiro atoms. The molecule has 0 atom stereocenters. The second kappa shape index (κ2) is 4.56. The molecule has 2 heterocycles. The Bertz CT molecular complexity index is 676. The van der Waals surface area contributed by atoms with Gasteiger partial charge in [0.2, 0.25) is 5.91 Å². The van der Waals surface area contributed by atoms with E-state index in [0.717, 1.165) is 41.1 Å². The summed E-state index contributed by atoms with van der Waals surface area (Å²) < 4.78 is 0. The average molecular weight is 288 g/mol. The minimum absolute atomic E-state index is 0.283. The van der Waals surface area contributed by atoms with Crippen LogP contribution in [0.25, 0.3) is 10.4 Å². The molecule has 1 amide bonds. The molecule has 0 bridgehead atoms. The van der Waals surface area contributed by atoms with Crippen LogP contribution < -0.4 is 11.5 Å². The summed E-state index contributed by atoms with van der Waals surface area (Å²) in [5, 5.41) is 0.545. The molecule has 0 saturated heterocycles. The molecule has 1 aliphatic rings. The quantitative estimate of drug-likeness (QED) is 0.903. The Hall–Kier alpha value is -1.95. The van der Waals surface area contributed by atoms with Gasteiger partial charge in [-0.05, 0) is 37.5 Å². The number of thiazole rings is 1. The second-order valence-corrected chi connectivity index (χ2v) is 6.23. The summed E-state index contributed by atoms with van der Waals surface area (Å²) in [6.45, 7) is 1.93. The largest absolute Gasteiger partial charge is 0.375 e. The van der Waals surface area contributed by atoms with Gasteiger partial charge in [-0.25, -0.2) is 4.98 Å². The van der Waals surface area contributed by atoms with Gasteiger partial charge in [0.05, 0.1) is 21.7 Å². The lowest BCUT2D eigenvalue weighted by Crippen LogP contribution is -2.47. The van der Waals surface area contributed by atoms with E-state index >= 15 is 0 Å². The number of primary amides is 1. The van der Waals surface area contributed by atoms with Crippen molar-refractivity contribution >= 4 is 22.4 Å². The molecule has 104 valence electrons. The van der Waals surface area contributed by atoms with Gasteiger partial charge in [-0.15, -0.1) is 0 Å². The molecule has 1 aliphatic carbocycles. The normalized spacial score (nSPS) is 16.6. The van der Waals surface area contributed by atoms with E-state index < -0.39 is 5.41 Å². The molecular formula is C14H16N4OS. The highest BCUT2D eigenvalue weighted by Crippen LogP contribution is 2.43. The van der Waals surface area contributed by atoms with Gasteiger partial charge in [0.15, 0.2) is 5.13 Å². The number of rotatable bonds is 3. The van der Waals surface area contributed by atoms with Crippen LogP contribution in [0.3, 0.4) is 0 Å². The number of nitrogens with zero attached hydrogens (tertiary/aromatic N) is 2. The molecule has 5 nitrogen and oxygen atoms in total. The van der Waals surface area contributed by atoms with Gasteiger partial charge in [0, 0.05) is 6.20 Å². The first-order chi connectivity index (χ1) is 9.53. The number of nitrogen functional groups attached to an aromatic ring is 1. The Morgan fingerprint density at radius 3 is 2.70 bits per heavy atom. The van der Waals surface area contributed by atoms with Crippen molar-refractivity contribution < 1.29 is 4.79 Å². The van der Waals surface area contributed by atoms with Crippen LogP contribution in [0.1, 0.15) is 30.7 Å². The lowest BCUT2D eigenvalue weighted by molar-refractivity contribution is -0.126. The van der Waals surface area contributed by atoms with Gasteiger partial charge >= 0.3 is 0 Å². The fraction of sp³-hybridized carbons (Fsp3) is 0.357. The fourth-order valence-corrected chi connectivity index (χ4v) is 3.51. The van der Waals surface area contributed by atoms with Gasteiger partial charge in [-0.1, -0.05) is 17.8 Å². The van der Waals surface area contributed by atoms with E-state index in [1.165, 1.54) is 11.3 Å². The highest BCUT2D eigenvalue weighted by atomic mass is 32.1. The standard InChI is InChI=1S/C14H16N4OS/c1-8-11(20-13(16)18-8)9-3-6-17-10(7-9)14(12(15)19)4-2-5-14/h3,6-7H,2,4-5H2,1H3,(H2,15,19)(H2,16,18). The predicted molar refractivity (Wildman–Crippen MR) is 79.2 cm³/mol. The zero-order valence-corrected chi connectivity index (χ0v) is 12.0. The second-order valence-electron chi connectivity index (χ2n) is 5.20. The van der Waals surface area contributed by atoms with Gasteiger partial charge in [-0.2, -0.15) is 0 Å². The van der Waals surface area contributed by atoms with E-state index in [-0.39, 0.29) is 5.91 Å². The third-order valence-electron chi connectivity index (χ3n) is 4.00. The topological polar surface area (TPSA) is 94.9 Å². The van der Waals surface area contributed by atoms with Crippen molar-refractivity contribution in [2.24, 2.45) is 5.73 Å². The number of pyridine rings is 1. The van der Waals surface area contributed by atoms with E-state index in [2.05, 4.69) is 9.97 Å². The van der Waals surface area contributed by atoms with Crippen molar-refractivity contribution in [2.45, 2.75) is 31.6 Å². The smallest absolute Gasteiger partial charge is 0.229 e. The molecule has 2 aromatic heterocycles. The lowest BCUT2D eigenvalue weighted by atomic mass is 9.65. The van der Waals surface area contributed by atoms with Crippen LogP contribution in [0.4, 0.5) is 5.13 Å². The highest BCUT2D eigenvalue weighted by molar-refractivity contribution is 7.18. The summed E-state index contributed by atoms with van der Waals surface area (Å²) >= 11 is 1.44. The molecule has 4 N–H and O–H groups in total. The van der Waals surface area contributed by atoms with Crippen molar-refractivity contribution in [1.29, 1.82) is 0 Å². The molecule has 0 aromatic carbocycles. The maximum absolute atomic E-state index is 11.8. The number of nitrogens with two attached hydrogens (primary N) is 2. The summed E-state index contributed by atoms with van der Waals surface area (Å²) in [5.41, 5.74) is 13.4. The zero-order valence-electron chi connectivity index (χ0n) is 11.2. The Balaban J connectivity index is 2.06. The highest BCUT2D eigenvalue weighted by Gasteiger charge is 2.45. The first-order valence-corrected chi connectivity index (χ1v) is 7.34. The molecule has 0 radical (unpaired) electrons. The van der Waals surface area contributed by atoms with E-state index in [9.17, 15) is 4.79 Å². The Labute approximate surface area is 121 Å². The van der Waals surface area contributed by atoms with E-state index in [0.29, 0.717) is 5.13 Å². The Morgan fingerprint density at radius 1 is 1.45 bits per heavy atom. The predicted octanol–water partition coefficient (Wildman–Crippen LogP) is 2.00. The van der Waals surface area contributed by atoms with Crippen LogP contribution in [0, 0.1) is 6.92 Å². The van der Waals surface area contributed by atoms with Gasteiger partial charge in [-0.3, -0.25) is 9.78 Å². The minimum atomic E-state index is -0.583. The van der Waals surface area contributed by atoms with Crippen molar-refractivity contribution in [2.75, 3.05) is 5.73 Å². The van der Waals surface area contributed by atoms with Crippen molar-refractivity contribution in [3.8, 4) is 10.4 Å². The number of aromatic nitrogens is 2. The third kappa shape index (κ3) is 1.87. The van der Waals surface area contributed by atoms with Crippen LogP contribution in [-0.4, -0.2) is 15.9 Å². The summed E-state index contributed by atoms with van der Waals surface area (Å²) in [5.74, 6) is -0.283. The number of hydrogen-bond acceptors (Lipinski definition) is 5. The monoisotopic (exact) mass is 288 g/mol. The van der Waals surface area contributed by atoms with Crippen LogP contribution in [-0.2, 0) is 10.2 Å². The van der Waals surface area contributed by atoms with E-state index in [4.69, 9.17) is 11.5 Å². The number of carbonyl (C=O) groups is 1. The minimum Gasteiger partial charge on any atom is -0.375 e. The summed E-state index contributed by atoms with van der Waals surface area (Å²) in [4.78, 5) is 21.4. The molecule has 2 aromatic rings. The van der Waals surface area contributed by atoms with Crippen molar-refractivity contribution in [1.82, 2.24) is 9.97 Å². The van der Waals surface area contributed by atoms with Gasteiger partial charge in [0.25, 0.3) is 0 Å². The SMILES string of the molecule is Cc1nc(N)sc1-c1ccnc(C2(C(N)=O)CCC2)c1. The number of anilines is 1. The van der Waals surface area contributed by atoms with Crippen LogP contribution >= 0.6 is 11.3 Å². The number of amides is 1. The van der Waals surface area contributed by atoms with Crippen LogP contribution in [0.5, 0.6) is 0 Å². The van der Waals surface area contributed by atoms with E-state index in [1.54, 1.807) is 6.20 Å². The summed E-state index contributed by atoms with van der Waals surface area (Å²) in [7, 11) is 0. The van der Waals surface area contributed by atoms with E-state index in [1.807, 2.05) is 19.1 Å². The molecule has 6 heteroatoms. The van der Waals surface area contributed by atoms with Crippen molar-refractivity contribution in [3.63, 3.8) is 0 Å². The van der Waals surface area contributed by atoms with Crippen molar-refractivity contribution in [3.05, 3.63) is 29.7 Å². The molecule has 3 rings (SSSR count). The molecule has 1 saturated carbocycles.